The van der Waals surface area contributed by atoms with Gasteiger partial charge in [0.1, 0.15) is 0 Å². The van der Waals surface area contributed by atoms with Crippen molar-refractivity contribution >= 4 is 24.4 Å². The minimum atomic E-state index is 0.0895. The quantitative estimate of drug-likeness (QED) is 0.298. The molecule has 4 nitrogen and oxygen atoms in total. The van der Waals surface area contributed by atoms with Crippen LogP contribution >= 0.6 is 0 Å². The standard InChI is InChI=1S/C50H66B2N2O2/c1-49(2,3)25-11-7-13-27(23-25)51(28-14-8-12-26(24-28)50(4,5)6)40-47-45-39-46-48(40)56-36-18-10-16-32-34-22-20-30-29-19-21-33-31-15-9-17-35(55-47)41(31)53(45)43(33)37(29)52(39)38(30)44(34)54(46)42(32)36/h7-8,11-14,23-24,29-48H,9-10,15-22H2,1-6H3. The fourth-order valence-corrected chi connectivity index (χ4v) is 19.4. The topological polar surface area (TPSA) is 24.9 Å². The van der Waals surface area contributed by atoms with Crippen LogP contribution < -0.4 is 10.9 Å². The van der Waals surface area contributed by atoms with Gasteiger partial charge >= 0.3 is 0 Å². The molecular weight excluding hydrogens is 682 g/mol. The zero-order valence-electron chi connectivity index (χ0n) is 35.1. The Labute approximate surface area is 338 Å². The number of hydrogen-bond acceptors (Lipinski definition) is 4. The number of rotatable bonds is 3. The molecule has 0 spiro atoms. The minimum absolute atomic E-state index is 0.0895. The molecule has 0 aromatic heterocycles. The molecule has 6 heteroatoms. The fourth-order valence-electron chi connectivity index (χ4n) is 19.4. The van der Waals surface area contributed by atoms with Crippen molar-refractivity contribution in [3.8, 4) is 0 Å². The highest BCUT2D eigenvalue weighted by Crippen LogP contribution is 2.78. The van der Waals surface area contributed by atoms with Gasteiger partial charge in [-0.1, -0.05) is 127 Å². The van der Waals surface area contributed by atoms with Crippen molar-refractivity contribution in [3.63, 3.8) is 0 Å². The molecule has 2 aromatic carbocycles. The van der Waals surface area contributed by atoms with E-state index in [4.69, 9.17) is 9.47 Å². The van der Waals surface area contributed by atoms with Crippen molar-refractivity contribution in [2.24, 2.45) is 35.5 Å². The number of morpholine rings is 2. The van der Waals surface area contributed by atoms with E-state index >= 15 is 0 Å². The summed E-state index contributed by atoms with van der Waals surface area (Å²) in [6, 6.07) is 23.9. The molecule has 5 aliphatic carbocycles. The number of nitrogens with zero attached hydrogens (tertiary/aromatic N) is 2. The van der Waals surface area contributed by atoms with Crippen molar-refractivity contribution in [3.05, 3.63) is 59.7 Å². The molecule has 0 bridgehead atoms. The Kier molecular flexibility index (Phi) is 6.84. The summed E-state index contributed by atoms with van der Waals surface area (Å²) in [5.74, 6) is 8.41. The van der Waals surface area contributed by atoms with E-state index in [0.29, 0.717) is 48.0 Å². The molecule has 18 unspecified atom stereocenters. The highest BCUT2D eigenvalue weighted by molar-refractivity contribution is 6.86. The van der Waals surface area contributed by atoms with E-state index in [2.05, 4.69) is 99.9 Å². The summed E-state index contributed by atoms with van der Waals surface area (Å²) in [6.07, 6.45) is 15.5. The normalized spacial score (nSPS) is 51.1. The lowest BCUT2D eigenvalue weighted by Gasteiger charge is -2.72. The van der Waals surface area contributed by atoms with Gasteiger partial charge in [0.15, 0.2) is 6.71 Å². The molecule has 0 radical (unpaired) electrons. The Morgan fingerprint density at radius 2 is 0.964 bits per heavy atom. The Morgan fingerprint density at radius 3 is 1.43 bits per heavy atom. The van der Waals surface area contributed by atoms with Gasteiger partial charge in [0, 0.05) is 42.1 Å². The average molecular weight is 749 g/mol. The van der Waals surface area contributed by atoms with Crippen molar-refractivity contribution in [1.29, 1.82) is 0 Å². The number of fused-ring (bicyclic) bond motifs is 3. The molecule has 5 saturated carbocycles. The van der Waals surface area contributed by atoms with Crippen molar-refractivity contribution < 1.29 is 9.47 Å². The Bertz CT molecular complexity index is 1840. The predicted molar refractivity (Wildman–Crippen MR) is 227 cm³/mol. The summed E-state index contributed by atoms with van der Waals surface area (Å²) < 4.78 is 16.2. The van der Waals surface area contributed by atoms with Crippen LogP contribution in [0.15, 0.2) is 48.5 Å². The summed E-state index contributed by atoms with van der Waals surface area (Å²) in [6.45, 7) is 15.6. The first-order valence-electron chi connectivity index (χ1n) is 24.1. The van der Waals surface area contributed by atoms with Crippen LogP contribution in [0.3, 0.4) is 0 Å². The second kappa shape index (κ2) is 11.2. The van der Waals surface area contributed by atoms with Gasteiger partial charge in [-0.2, -0.15) is 0 Å². The molecule has 294 valence electrons. The maximum absolute atomic E-state index is 8.11. The lowest BCUT2D eigenvalue weighted by Crippen LogP contribution is -2.83. The molecule has 0 amide bonds. The van der Waals surface area contributed by atoms with E-state index in [1.807, 2.05) is 0 Å². The maximum atomic E-state index is 8.11. The molecule has 56 heavy (non-hydrogen) atoms. The van der Waals surface area contributed by atoms with Crippen LogP contribution in [0, 0.1) is 35.5 Å². The molecule has 14 rings (SSSR count). The average Bonchev–Trinajstić information content (AvgIpc) is 3.83. The van der Waals surface area contributed by atoms with E-state index in [1.165, 1.54) is 73.4 Å². The predicted octanol–water partition coefficient (Wildman–Crippen LogP) is 7.95. The maximum Gasteiger partial charge on any atom is 0.217 e. The van der Waals surface area contributed by atoms with Crippen molar-refractivity contribution in [1.82, 2.24) is 9.80 Å². The van der Waals surface area contributed by atoms with Gasteiger partial charge in [0.2, 0.25) is 6.71 Å². The van der Waals surface area contributed by atoms with E-state index in [-0.39, 0.29) is 29.8 Å². The summed E-state index contributed by atoms with van der Waals surface area (Å²) in [5.41, 5.74) is 6.10. The van der Waals surface area contributed by atoms with Gasteiger partial charge in [0.05, 0.1) is 24.4 Å². The molecule has 12 aliphatic rings. The van der Waals surface area contributed by atoms with Crippen LogP contribution in [0.1, 0.15) is 117 Å². The van der Waals surface area contributed by atoms with Gasteiger partial charge in [-0.15, -0.1) is 0 Å². The molecule has 7 heterocycles. The van der Waals surface area contributed by atoms with Gasteiger partial charge in [0.25, 0.3) is 0 Å². The Hall–Kier alpha value is -1.59. The molecular formula is C50H66B2N2O2. The van der Waals surface area contributed by atoms with Crippen LogP contribution in [-0.2, 0) is 20.3 Å². The minimum Gasteiger partial charge on any atom is -0.372 e. The van der Waals surface area contributed by atoms with Crippen LogP contribution in [0.2, 0.25) is 23.3 Å². The van der Waals surface area contributed by atoms with Crippen LogP contribution in [0.4, 0.5) is 0 Å². The summed E-state index contributed by atoms with van der Waals surface area (Å²) in [4.78, 5) is 6.77. The highest BCUT2D eigenvalue weighted by Gasteiger charge is 2.82. The third-order valence-corrected chi connectivity index (χ3v) is 20.6. The fraction of sp³-hybridized carbons (Fsp3) is 0.760. The van der Waals surface area contributed by atoms with Crippen LogP contribution in [0.25, 0.3) is 0 Å². The lowest BCUT2D eigenvalue weighted by atomic mass is 9.19. The lowest BCUT2D eigenvalue weighted by molar-refractivity contribution is -0.244. The first-order valence-corrected chi connectivity index (χ1v) is 24.1. The molecule has 7 saturated heterocycles. The summed E-state index contributed by atoms with van der Waals surface area (Å²) in [7, 11) is 0. The van der Waals surface area contributed by atoms with E-state index in [1.54, 1.807) is 12.8 Å². The van der Waals surface area contributed by atoms with E-state index < -0.39 is 0 Å². The van der Waals surface area contributed by atoms with Crippen molar-refractivity contribution in [2.75, 3.05) is 0 Å². The Morgan fingerprint density at radius 1 is 0.518 bits per heavy atom. The van der Waals surface area contributed by atoms with Crippen LogP contribution in [-0.4, -0.2) is 83.9 Å². The third-order valence-electron chi connectivity index (χ3n) is 20.6. The number of hydrogen-bond donors (Lipinski definition) is 0. The SMILES string of the molecule is CC(C)(C)c1cccc(B(c2cccc(C(C)(C)C)c2)C2C3OC4CCCC5C6CCC7C8CCC9C%10CCCC%11OC2C2C%12B(C7C6N(C45)C3%12)C8C9N2C%11%10)c1. The zero-order chi connectivity index (χ0) is 37.3. The molecule has 0 N–H and O–H groups in total. The Balaban J connectivity index is 1.03. The van der Waals surface area contributed by atoms with Gasteiger partial charge in [-0.3, -0.25) is 9.80 Å². The second-order valence-electron chi connectivity index (χ2n) is 24.2. The van der Waals surface area contributed by atoms with E-state index in [9.17, 15) is 0 Å². The number of benzene rings is 2. The molecule has 7 aliphatic heterocycles. The summed E-state index contributed by atoms with van der Waals surface area (Å²) in [5, 5.41) is 0. The van der Waals surface area contributed by atoms with Gasteiger partial charge in [-0.25, -0.2) is 0 Å². The van der Waals surface area contributed by atoms with Crippen molar-refractivity contribution in [2.45, 2.75) is 201 Å². The van der Waals surface area contributed by atoms with Gasteiger partial charge < -0.3 is 9.47 Å². The first kappa shape index (κ1) is 34.2. The summed E-state index contributed by atoms with van der Waals surface area (Å²) >= 11 is 0. The smallest absolute Gasteiger partial charge is 0.217 e. The first-order chi connectivity index (χ1) is 27.1. The van der Waals surface area contributed by atoms with E-state index in [0.717, 1.165) is 65.9 Å². The zero-order valence-corrected chi connectivity index (χ0v) is 35.1. The molecule has 2 aromatic rings. The number of ether oxygens (including phenoxy) is 2. The van der Waals surface area contributed by atoms with Gasteiger partial charge in [-0.05, 0) is 113 Å². The second-order valence-corrected chi connectivity index (χ2v) is 24.2. The van der Waals surface area contributed by atoms with Crippen LogP contribution in [0.5, 0.6) is 0 Å². The molecule has 12 fully saturated rings. The third kappa shape index (κ3) is 4.07. The molecule has 18 atom stereocenters. The highest BCUT2D eigenvalue weighted by atomic mass is 16.5. The monoisotopic (exact) mass is 749 g/mol. The largest absolute Gasteiger partial charge is 0.372 e.